The Morgan fingerprint density at radius 3 is 2.28 bits per heavy atom. The Balaban J connectivity index is 1.68. The lowest BCUT2D eigenvalue weighted by molar-refractivity contribution is -0.123. The van der Waals surface area contributed by atoms with E-state index in [2.05, 4.69) is 15.6 Å². The molecule has 29 heavy (non-hydrogen) atoms. The van der Waals surface area contributed by atoms with Crippen LogP contribution in [-0.4, -0.2) is 28.9 Å². The average molecular weight is 412 g/mol. The maximum atomic E-state index is 12.6. The van der Waals surface area contributed by atoms with E-state index in [9.17, 15) is 14.4 Å². The molecule has 0 unspecified atom stereocenters. The molecule has 0 aliphatic carbocycles. The number of amides is 2. The first-order chi connectivity index (χ1) is 13.8. The highest BCUT2D eigenvalue weighted by Gasteiger charge is 2.21. The number of carbonyl (C=O) groups is 3. The summed E-state index contributed by atoms with van der Waals surface area (Å²) in [5.74, 6) is -1.35. The summed E-state index contributed by atoms with van der Waals surface area (Å²) < 4.78 is 5.32. The van der Waals surface area contributed by atoms with E-state index < -0.39 is 18.0 Å². The van der Waals surface area contributed by atoms with Crippen LogP contribution in [-0.2, 0) is 14.3 Å². The lowest BCUT2D eigenvalue weighted by Crippen LogP contribution is -2.30. The average Bonchev–Trinajstić information content (AvgIpc) is 2.68. The van der Waals surface area contributed by atoms with Gasteiger partial charge in [-0.2, -0.15) is 0 Å². The smallest absolute Gasteiger partial charge is 0.339 e. The van der Waals surface area contributed by atoms with Gasteiger partial charge in [0.25, 0.3) is 5.91 Å². The minimum absolute atomic E-state index is 0.159. The first-order valence-electron chi connectivity index (χ1n) is 8.78. The molecule has 0 aliphatic heterocycles. The number of hydrogen-bond acceptors (Lipinski definition) is 5. The fourth-order valence-electron chi connectivity index (χ4n) is 2.67. The van der Waals surface area contributed by atoms with Crippen molar-refractivity contribution in [3.63, 3.8) is 0 Å². The van der Waals surface area contributed by atoms with Crippen molar-refractivity contribution in [3.8, 4) is 0 Å². The molecular formula is C21H18ClN3O4. The second-order valence-corrected chi connectivity index (χ2v) is 6.69. The Kier molecular flexibility index (Phi) is 6.09. The highest BCUT2D eigenvalue weighted by Crippen LogP contribution is 2.22. The van der Waals surface area contributed by atoms with Gasteiger partial charge in [-0.1, -0.05) is 29.8 Å². The maximum Gasteiger partial charge on any atom is 0.339 e. The molecule has 0 aliphatic rings. The summed E-state index contributed by atoms with van der Waals surface area (Å²) >= 11 is 5.99. The molecular weight excluding hydrogens is 394 g/mol. The van der Waals surface area contributed by atoms with Crippen LogP contribution in [0.15, 0.2) is 54.6 Å². The number of benzene rings is 2. The second-order valence-electron chi connectivity index (χ2n) is 6.31. The van der Waals surface area contributed by atoms with Crippen LogP contribution in [0, 0.1) is 0 Å². The topological polar surface area (TPSA) is 97.4 Å². The molecule has 1 atom stereocenters. The van der Waals surface area contributed by atoms with Gasteiger partial charge >= 0.3 is 5.97 Å². The number of anilines is 2. The molecule has 3 aromatic rings. The number of hydrogen-bond donors (Lipinski definition) is 2. The summed E-state index contributed by atoms with van der Waals surface area (Å²) in [5, 5.41) is 6.04. The van der Waals surface area contributed by atoms with E-state index in [1.54, 1.807) is 48.5 Å². The normalized spacial score (nSPS) is 11.6. The van der Waals surface area contributed by atoms with Crippen LogP contribution in [0.4, 0.5) is 11.4 Å². The van der Waals surface area contributed by atoms with Gasteiger partial charge in [-0.15, -0.1) is 0 Å². The fourth-order valence-corrected chi connectivity index (χ4v) is 2.87. The van der Waals surface area contributed by atoms with Crippen LogP contribution in [0.25, 0.3) is 10.9 Å². The SMILES string of the molecule is CC(=O)Nc1ccc(NC(=O)[C@@H](C)OC(=O)c2cc(Cl)nc3ccccc23)cc1. The number of para-hydroxylation sites is 1. The first-order valence-corrected chi connectivity index (χ1v) is 9.16. The van der Waals surface area contributed by atoms with E-state index in [0.717, 1.165) is 0 Å². The minimum Gasteiger partial charge on any atom is -0.449 e. The monoisotopic (exact) mass is 411 g/mol. The van der Waals surface area contributed by atoms with Gasteiger partial charge in [0.05, 0.1) is 11.1 Å². The molecule has 0 radical (unpaired) electrons. The number of fused-ring (bicyclic) bond motifs is 1. The van der Waals surface area contributed by atoms with E-state index in [4.69, 9.17) is 16.3 Å². The van der Waals surface area contributed by atoms with Crippen LogP contribution in [0.2, 0.25) is 5.15 Å². The van der Waals surface area contributed by atoms with Crippen LogP contribution < -0.4 is 10.6 Å². The van der Waals surface area contributed by atoms with Gasteiger partial charge in [0.1, 0.15) is 5.15 Å². The molecule has 2 aromatic carbocycles. The van der Waals surface area contributed by atoms with Crippen LogP contribution in [0.5, 0.6) is 0 Å². The van der Waals surface area contributed by atoms with E-state index in [1.165, 1.54) is 19.9 Å². The molecule has 148 valence electrons. The van der Waals surface area contributed by atoms with Crippen LogP contribution >= 0.6 is 11.6 Å². The van der Waals surface area contributed by atoms with E-state index in [-0.39, 0.29) is 16.6 Å². The number of ether oxygens (including phenoxy) is 1. The number of halogens is 1. The summed E-state index contributed by atoms with van der Waals surface area (Å²) in [6.45, 7) is 2.88. The zero-order valence-electron chi connectivity index (χ0n) is 15.7. The van der Waals surface area contributed by atoms with Crippen molar-refractivity contribution < 1.29 is 19.1 Å². The quantitative estimate of drug-likeness (QED) is 0.488. The Bertz CT molecular complexity index is 1080. The van der Waals surface area contributed by atoms with Gasteiger partial charge in [-0.05, 0) is 43.3 Å². The van der Waals surface area contributed by atoms with Gasteiger partial charge in [0.15, 0.2) is 6.10 Å². The van der Waals surface area contributed by atoms with Crippen molar-refractivity contribution in [1.29, 1.82) is 0 Å². The third-order valence-corrected chi connectivity index (χ3v) is 4.22. The zero-order chi connectivity index (χ0) is 21.0. The predicted octanol–water partition coefficient (Wildman–Crippen LogP) is 4.03. The summed E-state index contributed by atoms with van der Waals surface area (Å²) in [6, 6.07) is 15.0. The number of carbonyl (C=O) groups excluding carboxylic acids is 3. The van der Waals surface area contributed by atoms with E-state index in [0.29, 0.717) is 22.3 Å². The first kappa shape index (κ1) is 20.3. The largest absolute Gasteiger partial charge is 0.449 e. The summed E-state index contributed by atoms with van der Waals surface area (Å²) in [7, 11) is 0. The number of pyridine rings is 1. The van der Waals surface area contributed by atoms with E-state index in [1.807, 2.05) is 0 Å². The van der Waals surface area contributed by atoms with E-state index >= 15 is 0 Å². The summed E-state index contributed by atoms with van der Waals surface area (Å²) in [4.78, 5) is 40.2. The third kappa shape index (κ3) is 5.08. The highest BCUT2D eigenvalue weighted by atomic mass is 35.5. The lowest BCUT2D eigenvalue weighted by Gasteiger charge is -2.15. The van der Waals surface area contributed by atoms with Crippen LogP contribution in [0.1, 0.15) is 24.2 Å². The van der Waals surface area contributed by atoms with Gasteiger partial charge in [0.2, 0.25) is 5.91 Å². The molecule has 3 rings (SSSR count). The number of aromatic nitrogens is 1. The Morgan fingerprint density at radius 1 is 1.00 bits per heavy atom. The molecule has 0 fully saturated rings. The maximum absolute atomic E-state index is 12.6. The molecule has 0 saturated carbocycles. The standard InChI is InChI=1S/C21H18ClN3O4/c1-12(20(27)24-15-9-7-14(8-10-15)23-13(2)26)29-21(28)17-11-19(22)25-18-6-4-3-5-16(17)18/h3-12H,1-2H3,(H,23,26)(H,24,27)/t12-/m1/s1. The van der Waals surface area contributed by atoms with Crippen molar-refractivity contribution in [3.05, 3.63) is 65.3 Å². The van der Waals surface area contributed by atoms with Crippen molar-refractivity contribution in [1.82, 2.24) is 4.98 Å². The summed E-state index contributed by atoms with van der Waals surface area (Å²) in [6.07, 6.45) is -1.04. The van der Waals surface area contributed by atoms with Crippen LogP contribution in [0.3, 0.4) is 0 Å². The van der Waals surface area contributed by atoms with Gasteiger partial charge < -0.3 is 15.4 Å². The molecule has 2 amide bonds. The molecule has 0 bridgehead atoms. The van der Waals surface area contributed by atoms with Crippen molar-refractivity contribution in [2.45, 2.75) is 20.0 Å². The molecule has 2 N–H and O–H groups in total. The zero-order valence-corrected chi connectivity index (χ0v) is 16.5. The fraction of sp³-hybridized carbons (Fsp3) is 0.143. The Hall–Kier alpha value is -3.45. The summed E-state index contributed by atoms with van der Waals surface area (Å²) in [5.41, 5.74) is 1.91. The third-order valence-electron chi connectivity index (χ3n) is 4.03. The molecule has 7 nitrogen and oxygen atoms in total. The number of nitrogens with one attached hydrogen (secondary N) is 2. The number of nitrogens with zero attached hydrogens (tertiary/aromatic N) is 1. The number of rotatable bonds is 5. The van der Waals surface area contributed by atoms with Gasteiger partial charge in [-0.3, -0.25) is 9.59 Å². The second kappa shape index (κ2) is 8.70. The molecule has 0 spiro atoms. The van der Waals surface area contributed by atoms with Crippen molar-refractivity contribution in [2.75, 3.05) is 10.6 Å². The van der Waals surface area contributed by atoms with Gasteiger partial charge in [0, 0.05) is 23.7 Å². The minimum atomic E-state index is -1.04. The lowest BCUT2D eigenvalue weighted by atomic mass is 10.1. The molecule has 0 saturated heterocycles. The Labute approximate surface area is 172 Å². The van der Waals surface area contributed by atoms with Crippen molar-refractivity contribution >= 4 is 51.7 Å². The van der Waals surface area contributed by atoms with Gasteiger partial charge in [-0.25, -0.2) is 9.78 Å². The van der Waals surface area contributed by atoms with Crippen molar-refractivity contribution in [2.24, 2.45) is 0 Å². The Morgan fingerprint density at radius 2 is 1.62 bits per heavy atom. The molecule has 1 aromatic heterocycles. The molecule has 8 heteroatoms. The molecule has 1 heterocycles. The number of esters is 1. The predicted molar refractivity (Wildman–Crippen MR) is 111 cm³/mol. The highest BCUT2D eigenvalue weighted by molar-refractivity contribution is 6.30.